The van der Waals surface area contributed by atoms with E-state index in [0.29, 0.717) is 29.2 Å². The van der Waals surface area contributed by atoms with Crippen LogP contribution in [0.5, 0.6) is 11.5 Å². The van der Waals surface area contributed by atoms with E-state index in [0.717, 1.165) is 25.1 Å². The molecule has 2 aromatic rings. The highest BCUT2D eigenvalue weighted by Gasteiger charge is 2.07. The largest absolute Gasteiger partial charge is 0.493 e. The van der Waals surface area contributed by atoms with E-state index in [4.69, 9.17) is 14.0 Å². The Morgan fingerprint density at radius 2 is 2.04 bits per heavy atom. The minimum absolute atomic E-state index is 0.650. The van der Waals surface area contributed by atoms with Gasteiger partial charge in [0.2, 0.25) is 5.89 Å². The lowest BCUT2D eigenvalue weighted by atomic mass is 10.2. The van der Waals surface area contributed by atoms with E-state index in [1.54, 1.807) is 28.2 Å². The summed E-state index contributed by atoms with van der Waals surface area (Å²) in [6.45, 7) is 2.54. The lowest BCUT2D eigenvalue weighted by molar-refractivity contribution is 0.355. The molecule has 8 heteroatoms. The number of aryl methyl sites for hydroxylation is 2. The van der Waals surface area contributed by atoms with Crippen LogP contribution >= 0.6 is 0 Å². The van der Waals surface area contributed by atoms with E-state index in [1.807, 2.05) is 18.2 Å². The Balaban J connectivity index is 1.83. The summed E-state index contributed by atoms with van der Waals surface area (Å²) in [5, 5.41) is 10.2. The minimum atomic E-state index is 0.650. The zero-order valence-electron chi connectivity index (χ0n) is 14.4. The summed E-state index contributed by atoms with van der Waals surface area (Å²) in [6, 6.07) is 5.59. The lowest BCUT2D eigenvalue weighted by Crippen LogP contribution is -2.31. The fraction of sp³-hybridized carbons (Fsp3) is 0.438. The number of aliphatic imine (C=N–C) groups is 1. The van der Waals surface area contributed by atoms with Crippen LogP contribution < -0.4 is 20.1 Å². The normalized spacial score (nSPS) is 11.2. The molecule has 24 heavy (non-hydrogen) atoms. The molecule has 1 aromatic carbocycles. The molecule has 0 atom stereocenters. The number of benzene rings is 1. The van der Waals surface area contributed by atoms with Gasteiger partial charge in [0.25, 0.3) is 0 Å². The monoisotopic (exact) mass is 333 g/mol. The lowest BCUT2D eigenvalue weighted by Gasteiger charge is -2.13. The molecule has 130 valence electrons. The Hall–Kier alpha value is -2.77. The summed E-state index contributed by atoms with van der Waals surface area (Å²) in [4.78, 5) is 8.37. The van der Waals surface area contributed by atoms with Gasteiger partial charge in [-0.2, -0.15) is 4.98 Å². The summed E-state index contributed by atoms with van der Waals surface area (Å²) >= 11 is 0. The summed E-state index contributed by atoms with van der Waals surface area (Å²) in [6.07, 6.45) is 1.58. The number of nitrogens with zero attached hydrogens (tertiary/aromatic N) is 3. The molecule has 2 N–H and O–H groups in total. The van der Waals surface area contributed by atoms with Crippen LogP contribution in [0.25, 0.3) is 0 Å². The van der Waals surface area contributed by atoms with Crippen LogP contribution in [0, 0.1) is 6.92 Å². The van der Waals surface area contributed by atoms with Crippen molar-refractivity contribution in [3.63, 3.8) is 0 Å². The van der Waals surface area contributed by atoms with E-state index in [9.17, 15) is 0 Å². The number of ether oxygens (including phenoxy) is 2. The highest BCUT2D eigenvalue weighted by Crippen LogP contribution is 2.29. The second-order valence-electron chi connectivity index (χ2n) is 5.03. The summed E-state index contributed by atoms with van der Waals surface area (Å²) in [5.74, 6) is 3.32. The Kier molecular flexibility index (Phi) is 6.41. The highest BCUT2D eigenvalue weighted by atomic mass is 16.5. The second-order valence-corrected chi connectivity index (χ2v) is 5.03. The van der Waals surface area contributed by atoms with Crippen molar-refractivity contribution in [1.82, 2.24) is 15.5 Å². The van der Waals surface area contributed by atoms with Crippen molar-refractivity contribution < 1.29 is 14.0 Å². The molecular weight excluding hydrogens is 310 g/mol. The molecule has 0 aliphatic carbocycles. The summed E-state index contributed by atoms with van der Waals surface area (Å²) in [7, 11) is 4.93. The van der Waals surface area contributed by atoms with E-state index in [-0.39, 0.29) is 0 Å². The Morgan fingerprint density at radius 3 is 2.67 bits per heavy atom. The average molecular weight is 333 g/mol. The molecule has 2 rings (SSSR count). The molecule has 0 aliphatic heterocycles. The van der Waals surface area contributed by atoms with Crippen LogP contribution in [0.2, 0.25) is 0 Å². The Morgan fingerprint density at radius 1 is 1.25 bits per heavy atom. The third-order valence-corrected chi connectivity index (χ3v) is 3.30. The van der Waals surface area contributed by atoms with Crippen molar-refractivity contribution in [1.29, 1.82) is 0 Å². The van der Waals surface area contributed by atoms with Crippen molar-refractivity contribution in [3.05, 3.63) is 29.9 Å². The van der Waals surface area contributed by atoms with Crippen molar-refractivity contribution in [2.24, 2.45) is 4.99 Å². The van der Waals surface area contributed by atoms with Crippen LogP contribution in [0.15, 0.2) is 27.7 Å². The molecule has 0 fully saturated rings. The molecule has 0 unspecified atom stereocenters. The first-order valence-corrected chi connectivity index (χ1v) is 7.65. The first kappa shape index (κ1) is 17.6. The number of anilines is 1. The van der Waals surface area contributed by atoms with Crippen LogP contribution in [-0.4, -0.2) is 43.9 Å². The number of rotatable bonds is 7. The van der Waals surface area contributed by atoms with Crippen molar-refractivity contribution in [3.8, 4) is 11.5 Å². The quantitative estimate of drug-likeness (QED) is 0.455. The van der Waals surface area contributed by atoms with Gasteiger partial charge < -0.3 is 24.6 Å². The van der Waals surface area contributed by atoms with Gasteiger partial charge in [0.1, 0.15) is 0 Å². The van der Waals surface area contributed by atoms with Crippen molar-refractivity contribution >= 4 is 11.6 Å². The van der Waals surface area contributed by atoms with Gasteiger partial charge >= 0.3 is 0 Å². The van der Waals surface area contributed by atoms with Crippen LogP contribution in [0.3, 0.4) is 0 Å². The second kappa shape index (κ2) is 8.76. The van der Waals surface area contributed by atoms with Gasteiger partial charge in [0.05, 0.1) is 14.2 Å². The maximum absolute atomic E-state index is 5.29. The first-order chi connectivity index (χ1) is 11.7. The third-order valence-electron chi connectivity index (χ3n) is 3.30. The third kappa shape index (κ3) is 4.87. The molecule has 0 saturated carbocycles. The number of nitrogens with one attached hydrogen (secondary N) is 2. The van der Waals surface area contributed by atoms with Crippen LogP contribution in [-0.2, 0) is 6.42 Å². The van der Waals surface area contributed by atoms with Crippen molar-refractivity contribution in [2.45, 2.75) is 19.8 Å². The molecule has 0 aliphatic rings. The van der Waals surface area contributed by atoms with E-state index in [2.05, 4.69) is 25.8 Å². The molecule has 1 heterocycles. The first-order valence-electron chi connectivity index (χ1n) is 7.65. The number of methoxy groups -OCH3 is 2. The van der Waals surface area contributed by atoms with Crippen LogP contribution in [0.4, 0.5) is 5.69 Å². The molecule has 0 radical (unpaired) electrons. The maximum Gasteiger partial charge on any atom is 0.226 e. The number of hydrogen-bond donors (Lipinski definition) is 2. The molecule has 0 bridgehead atoms. The van der Waals surface area contributed by atoms with Gasteiger partial charge in [0.15, 0.2) is 23.3 Å². The summed E-state index contributed by atoms with van der Waals surface area (Å²) < 4.78 is 15.6. The molecule has 8 nitrogen and oxygen atoms in total. The van der Waals surface area contributed by atoms with E-state index in [1.165, 1.54) is 0 Å². The maximum atomic E-state index is 5.29. The summed E-state index contributed by atoms with van der Waals surface area (Å²) in [5.41, 5.74) is 0.855. The fourth-order valence-corrected chi connectivity index (χ4v) is 2.12. The number of hydrogen-bond acceptors (Lipinski definition) is 6. The van der Waals surface area contributed by atoms with E-state index < -0.39 is 0 Å². The van der Waals surface area contributed by atoms with Gasteiger partial charge in [-0.15, -0.1) is 0 Å². The molecule has 1 aromatic heterocycles. The number of guanidine groups is 1. The van der Waals surface area contributed by atoms with Gasteiger partial charge in [0, 0.05) is 31.8 Å². The predicted octanol–water partition coefficient (Wildman–Crippen LogP) is 2.02. The van der Waals surface area contributed by atoms with Gasteiger partial charge in [-0.25, -0.2) is 0 Å². The zero-order chi connectivity index (χ0) is 17.4. The molecule has 0 amide bonds. The smallest absolute Gasteiger partial charge is 0.226 e. The Labute approximate surface area is 141 Å². The van der Waals surface area contributed by atoms with Gasteiger partial charge in [-0.3, -0.25) is 4.99 Å². The average Bonchev–Trinajstić information content (AvgIpc) is 3.02. The fourth-order valence-electron chi connectivity index (χ4n) is 2.12. The van der Waals surface area contributed by atoms with Gasteiger partial charge in [-0.1, -0.05) is 5.16 Å². The highest BCUT2D eigenvalue weighted by molar-refractivity contribution is 5.93. The van der Waals surface area contributed by atoms with E-state index >= 15 is 0 Å². The van der Waals surface area contributed by atoms with Gasteiger partial charge in [-0.05, 0) is 25.5 Å². The molecular formula is C16H23N5O3. The Bertz CT molecular complexity index is 684. The standard InChI is InChI=1S/C16H23N5O3/c1-11-19-15(24-21-11)6-5-9-18-16(17-2)20-12-7-8-13(22-3)14(10-12)23-4/h7-8,10H,5-6,9H2,1-4H3,(H2,17,18,20). The predicted molar refractivity (Wildman–Crippen MR) is 91.9 cm³/mol. The molecule has 0 spiro atoms. The molecule has 0 saturated heterocycles. The topological polar surface area (TPSA) is 93.8 Å². The van der Waals surface area contributed by atoms with Crippen LogP contribution in [0.1, 0.15) is 18.1 Å². The number of aromatic nitrogens is 2. The van der Waals surface area contributed by atoms with Crippen molar-refractivity contribution in [2.75, 3.05) is 33.1 Å². The zero-order valence-corrected chi connectivity index (χ0v) is 14.4. The SMILES string of the molecule is CN=C(NCCCc1nc(C)no1)Nc1ccc(OC)c(OC)c1. The minimum Gasteiger partial charge on any atom is -0.493 e.